The third-order valence-electron chi connectivity index (χ3n) is 4.38. The van der Waals surface area contributed by atoms with Crippen LogP contribution in [0.5, 0.6) is 0 Å². The van der Waals surface area contributed by atoms with Gasteiger partial charge in [-0.3, -0.25) is 0 Å². The average molecular weight is 277 g/mol. The predicted molar refractivity (Wildman–Crippen MR) is 81.5 cm³/mol. The molecule has 3 nitrogen and oxygen atoms in total. The zero-order valence-corrected chi connectivity index (χ0v) is 12.6. The lowest BCUT2D eigenvalue weighted by Crippen LogP contribution is -2.33. The van der Waals surface area contributed by atoms with E-state index in [1.807, 2.05) is 37.3 Å². The molecule has 20 heavy (non-hydrogen) atoms. The average Bonchev–Trinajstić information content (AvgIpc) is 2.60. The lowest BCUT2D eigenvalue weighted by molar-refractivity contribution is 0.0421. The van der Waals surface area contributed by atoms with E-state index in [0.29, 0.717) is 0 Å². The van der Waals surface area contributed by atoms with Crippen LogP contribution >= 0.6 is 0 Å². The van der Waals surface area contributed by atoms with Crippen molar-refractivity contribution in [3.63, 3.8) is 0 Å². The number of benzene rings is 1. The highest BCUT2D eigenvalue weighted by Crippen LogP contribution is 2.25. The summed E-state index contributed by atoms with van der Waals surface area (Å²) in [4.78, 5) is 2.37. The monoisotopic (exact) mass is 277 g/mol. The summed E-state index contributed by atoms with van der Waals surface area (Å²) in [5, 5.41) is 20.5. The minimum absolute atomic E-state index is 0.195. The van der Waals surface area contributed by atoms with E-state index in [0.717, 1.165) is 44.5 Å². The van der Waals surface area contributed by atoms with Gasteiger partial charge >= 0.3 is 0 Å². The number of hydrogen-bond acceptors (Lipinski definition) is 3. The quantitative estimate of drug-likeness (QED) is 0.889. The smallest absolute Gasteiger partial charge is 0.0827 e. The first-order chi connectivity index (χ1) is 9.48. The van der Waals surface area contributed by atoms with Crippen LogP contribution in [-0.4, -0.2) is 40.3 Å². The highest BCUT2D eigenvalue weighted by Gasteiger charge is 2.26. The molecule has 1 aromatic carbocycles. The Morgan fingerprint density at radius 3 is 2.60 bits per heavy atom. The van der Waals surface area contributed by atoms with Crippen molar-refractivity contribution in [1.29, 1.82) is 0 Å². The molecule has 1 fully saturated rings. The van der Waals surface area contributed by atoms with Gasteiger partial charge in [-0.15, -0.1) is 0 Å². The van der Waals surface area contributed by atoms with Crippen LogP contribution in [0.4, 0.5) is 0 Å². The molecular formula is C17H27NO2. The summed E-state index contributed by atoms with van der Waals surface area (Å²) in [6.07, 6.45) is 2.31. The van der Waals surface area contributed by atoms with Gasteiger partial charge in [-0.25, -0.2) is 0 Å². The van der Waals surface area contributed by atoms with Crippen molar-refractivity contribution in [2.45, 2.75) is 44.8 Å². The second-order valence-electron chi connectivity index (χ2n) is 6.48. The molecule has 3 heteroatoms. The van der Waals surface area contributed by atoms with Crippen LogP contribution in [0.2, 0.25) is 0 Å². The molecule has 0 spiro atoms. The fourth-order valence-corrected chi connectivity index (χ4v) is 2.99. The van der Waals surface area contributed by atoms with Gasteiger partial charge in [0.2, 0.25) is 0 Å². The Bertz CT molecular complexity index is 405. The molecule has 112 valence electrons. The van der Waals surface area contributed by atoms with Crippen molar-refractivity contribution >= 4 is 0 Å². The molecule has 1 heterocycles. The first kappa shape index (κ1) is 15.5. The van der Waals surface area contributed by atoms with Gasteiger partial charge in [0, 0.05) is 13.1 Å². The van der Waals surface area contributed by atoms with E-state index in [4.69, 9.17) is 0 Å². The SMILES string of the molecule is CC(CN1CCCC(C)(O)CC1)C(O)c1ccccc1. The molecule has 0 saturated carbocycles. The molecule has 2 N–H and O–H groups in total. The molecule has 2 rings (SSSR count). The summed E-state index contributed by atoms with van der Waals surface area (Å²) >= 11 is 0. The molecule has 0 aromatic heterocycles. The lowest BCUT2D eigenvalue weighted by atomic mass is 9.96. The Labute approximate surface area is 122 Å². The maximum Gasteiger partial charge on any atom is 0.0827 e. The highest BCUT2D eigenvalue weighted by molar-refractivity contribution is 5.17. The van der Waals surface area contributed by atoms with E-state index in [1.54, 1.807) is 0 Å². The Kier molecular flexibility index (Phi) is 5.19. The van der Waals surface area contributed by atoms with Gasteiger partial charge in [0.25, 0.3) is 0 Å². The Morgan fingerprint density at radius 1 is 1.20 bits per heavy atom. The summed E-state index contributed by atoms with van der Waals surface area (Å²) in [6.45, 7) is 6.84. The second-order valence-corrected chi connectivity index (χ2v) is 6.48. The third kappa shape index (κ3) is 4.30. The van der Waals surface area contributed by atoms with Gasteiger partial charge in [-0.1, -0.05) is 37.3 Å². The van der Waals surface area contributed by atoms with Crippen molar-refractivity contribution < 1.29 is 10.2 Å². The Hall–Kier alpha value is -0.900. The minimum atomic E-state index is -0.518. The fourth-order valence-electron chi connectivity index (χ4n) is 2.99. The molecule has 1 aliphatic heterocycles. The Balaban J connectivity index is 1.89. The normalized spacial score (nSPS) is 27.8. The van der Waals surface area contributed by atoms with E-state index in [9.17, 15) is 10.2 Å². The number of aliphatic hydroxyl groups excluding tert-OH is 1. The van der Waals surface area contributed by atoms with Crippen LogP contribution in [-0.2, 0) is 0 Å². The largest absolute Gasteiger partial charge is 0.390 e. The van der Waals surface area contributed by atoms with Gasteiger partial charge < -0.3 is 15.1 Å². The van der Waals surface area contributed by atoms with Crippen molar-refractivity contribution in [2.75, 3.05) is 19.6 Å². The number of rotatable bonds is 4. The summed E-state index contributed by atoms with van der Waals surface area (Å²) in [5.41, 5.74) is 0.470. The Morgan fingerprint density at radius 2 is 1.90 bits per heavy atom. The van der Waals surface area contributed by atoms with E-state index in [2.05, 4.69) is 11.8 Å². The minimum Gasteiger partial charge on any atom is -0.390 e. The standard InChI is InChI=1S/C17H27NO2/c1-14(16(19)15-7-4-3-5-8-15)13-18-11-6-9-17(2,20)10-12-18/h3-5,7-8,14,16,19-20H,6,9-13H2,1-2H3. The van der Waals surface area contributed by atoms with Gasteiger partial charge in [-0.05, 0) is 44.2 Å². The molecule has 1 aliphatic rings. The molecule has 1 saturated heterocycles. The second kappa shape index (κ2) is 6.70. The molecule has 1 aromatic rings. The van der Waals surface area contributed by atoms with E-state index in [1.165, 1.54) is 0 Å². The zero-order valence-electron chi connectivity index (χ0n) is 12.6. The molecule has 0 aliphatic carbocycles. The van der Waals surface area contributed by atoms with Crippen molar-refractivity contribution in [2.24, 2.45) is 5.92 Å². The first-order valence-electron chi connectivity index (χ1n) is 7.66. The topological polar surface area (TPSA) is 43.7 Å². The van der Waals surface area contributed by atoms with Gasteiger partial charge in [0.15, 0.2) is 0 Å². The van der Waals surface area contributed by atoms with E-state index < -0.39 is 11.7 Å². The van der Waals surface area contributed by atoms with Crippen molar-refractivity contribution in [3.05, 3.63) is 35.9 Å². The fraction of sp³-hybridized carbons (Fsp3) is 0.647. The maximum absolute atomic E-state index is 10.4. The van der Waals surface area contributed by atoms with E-state index in [-0.39, 0.29) is 5.92 Å². The first-order valence-corrected chi connectivity index (χ1v) is 7.66. The van der Waals surface area contributed by atoms with Gasteiger partial charge in [0.05, 0.1) is 11.7 Å². The van der Waals surface area contributed by atoms with Crippen LogP contribution < -0.4 is 0 Å². The van der Waals surface area contributed by atoms with Gasteiger partial charge in [0.1, 0.15) is 0 Å². The maximum atomic E-state index is 10.4. The van der Waals surface area contributed by atoms with Crippen LogP contribution in [0, 0.1) is 5.92 Å². The zero-order chi connectivity index (χ0) is 14.6. The van der Waals surface area contributed by atoms with Crippen LogP contribution in [0.25, 0.3) is 0 Å². The molecule has 3 unspecified atom stereocenters. The molecule has 0 bridgehead atoms. The van der Waals surface area contributed by atoms with Crippen LogP contribution in [0.15, 0.2) is 30.3 Å². The molecule has 0 amide bonds. The molecular weight excluding hydrogens is 250 g/mol. The van der Waals surface area contributed by atoms with Crippen molar-refractivity contribution in [3.8, 4) is 0 Å². The van der Waals surface area contributed by atoms with Crippen LogP contribution in [0.1, 0.15) is 44.8 Å². The summed E-state index contributed by atoms with van der Waals surface area (Å²) in [5.74, 6) is 0.195. The lowest BCUT2D eigenvalue weighted by Gasteiger charge is -2.27. The number of likely N-dealkylation sites (tertiary alicyclic amines) is 1. The number of hydrogen-bond donors (Lipinski definition) is 2. The third-order valence-corrected chi connectivity index (χ3v) is 4.38. The molecule has 0 radical (unpaired) electrons. The summed E-state index contributed by atoms with van der Waals surface area (Å²) < 4.78 is 0. The number of aliphatic hydroxyl groups is 2. The summed E-state index contributed by atoms with van der Waals surface area (Å²) in [6, 6.07) is 9.86. The van der Waals surface area contributed by atoms with E-state index >= 15 is 0 Å². The van der Waals surface area contributed by atoms with Crippen molar-refractivity contribution in [1.82, 2.24) is 4.90 Å². The number of nitrogens with zero attached hydrogens (tertiary/aromatic N) is 1. The van der Waals surface area contributed by atoms with Crippen LogP contribution in [0.3, 0.4) is 0 Å². The van der Waals surface area contributed by atoms with Gasteiger partial charge in [-0.2, -0.15) is 0 Å². The summed E-state index contributed by atoms with van der Waals surface area (Å²) in [7, 11) is 0. The predicted octanol–water partition coefficient (Wildman–Crippen LogP) is 2.59. The molecule has 3 atom stereocenters. The highest BCUT2D eigenvalue weighted by atomic mass is 16.3.